The standard InChI is InChI=1S/C18H13NO4S2/c1-25(22,23)13-9-7-12(8-10-13)14-4-2-5-15(19-14)17(20)18(21)16-6-3-11-24-16/h2-11H,1H3. The molecule has 0 atom stereocenters. The Kier molecular flexibility index (Phi) is 4.61. The van der Waals surface area contributed by atoms with Gasteiger partial charge in [-0.2, -0.15) is 0 Å². The third kappa shape index (κ3) is 3.72. The number of carbonyl (C=O) groups is 2. The van der Waals surface area contributed by atoms with Gasteiger partial charge in [-0.05, 0) is 35.7 Å². The third-order valence-corrected chi connectivity index (χ3v) is 5.51. The fraction of sp³-hybridized carbons (Fsp3) is 0.0556. The monoisotopic (exact) mass is 371 g/mol. The van der Waals surface area contributed by atoms with Crippen LogP contribution < -0.4 is 0 Å². The molecular formula is C18H13NO4S2. The predicted molar refractivity (Wildman–Crippen MR) is 95.8 cm³/mol. The van der Waals surface area contributed by atoms with Crippen LogP contribution in [0.2, 0.25) is 0 Å². The van der Waals surface area contributed by atoms with Crippen LogP contribution in [0.5, 0.6) is 0 Å². The Hall–Kier alpha value is -2.64. The summed E-state index contributed by atoms with van der Waals surface area (Å²) in [5.41, 5.74) is 1.21. The number of thiophene rings is 1. The van der Waals surface area contributed by atoms with Crippen molar-refractivity contribution in [3.8, 4) is 11.3 Å². The molecule has 0 spiro atoms. The summed E-state index contributed by atoms with van der Waals surface area (Å²) in [6.45, 7) is 0. The summed E-state index contributed by atoms with van der Waals surface area (Å²) < 4.78 is 23.0. The zero-order chi connectivity index (χ0) is 18.0. The molecule has 1 aromatic carbocycles. The summed E-state index contributed by atoms with van der Waals surface area (Å²) in [7, 11) is -3.28. The van der Waals surface area contributed by atoms with Crippen molar-refractivity contribution in [2.24, 2.45) is 0 Å². The van der Waals surface area contributed by atoms with Crippen LogP contribution >= 0.6 is 11.3 Å². The van der Waals surface area contributed by atoms with E-state index in [1.807, 2.05) is 0 Å². The van der Waals surface area contributed by atoms with Crippen molar-refractivity contribution >= 4 is 32.7 Å². The van der Waals surface area contributed by atoms with Crippen molar-refractivity contribution in [2.75, 3.05) is 6.26 Å². The SMILES string of the molecule is CS(=O)(=O)c1ccc(-c2cccc(C(=O)C(=O)c3cccs3)n2)cc1. The Balaban J connectivity index is 1.91. The summed E-state index contributed by atoms with van der Waals surface area (Å²) in [4.78, 5) is 29.3. The zero-order valence-corrected chi connectivity index (χ0v) is 14.8. The molecule has 0 aliphatic carbocycles. The van der Waals surface area contributed by atoms with Crippen LogP contribution in [-0.2, 0) is 9.84 Å². The van der Waals surface area contributed by atoms with Gasteiger partial charge in [0.2, 0.25) is 5.78 Å². The number of pyridine rings is 1. The number of Topliss-reactive ketones (excluding diaryl/α,β-unsaturated/α-hetero) is 2. The molecule has 3 rings (SSSR count). The lowest BCUT2D eigenvalue weighted by atomic mass is 10.1. The predicted octanol–water partition coefficient (Wildman–Crippen LogP) is 3.28. The van der Waals surface area contributed by atoms with E-state index in [9.17, 15) is 18.0 Å². The maximum atomic E-state index is 12.3. The first-order valence-corrected chi connectivity index (χ1v) is 10.0. The lowest BCUT2D eigenvalue weighted by molar-refractivity contribution is 0.0816. The second-order valence-corrected chi connectivity index (χ2v) is 8.30. The molecule has 0 aliphatic heterocycles. The topological polar surface area (TPSA) is 81.2 Å². The van der Waals surface area contributed by atoms with Gasteiger partial charge in [0.05, 0.1) is 15.5 Å². The van der Waals surface area contributed by atoms with Gasteiger partial charge in [-0.1, -0.05) is 24.3 Å². The molecule has 0 bridgehead atoms. The highest BCUT2D eigenvalue weighted by Crippen LogP contribution is 2.21. The number of hydrogen-bond donors (Lipinski definition) is 0. The van der Waals surface area contributed by atoms with Crippen molar-refractivity contribution in [1.29, 1.82) is 0 Å². The summed E-state index contributed by atoms with van der Waals surface area (Å²) in [6.07, 6.45) is 1.13. The first-order valence-electron chi connectivity index (χ1n) is 7.26. The van der Waals surface area contributed by atoms with E-state index in [1.54, 1.807) is 41.8 Å². The van der Waals surface area contributed by atoms with Gasteiger partial charge >= 0.3 is 0 Å². The van der Waals surface area contributed by atoms with Crippen molar-refractivity contribution in [3.63, 3.8) is 0 Å². The summed E-state index contributed by atoms with van der Waals surface area (Å²) in [5, 5.41) is 1.73. The first kappa shape index (κ1) is 17.2. The summed E-state index contributed by atoms with van der Waals surface area (Å²) in [6, 6.07) is 14.3. The first-order chi connectivity index (χ1) is 11.9. The molecule has 7 heteroatoms. The molecule has 25 heavy (non-hydrogen) atoms. The van der Waals surface area contributed by atoms with Crippen molar-refractivity contribution in [1.82, 2.24) is 4.98 Å². The summed E-state index contributed by atoms with van der Waals surface area (Å²) in [5.74, 6) is -1.26. The number of hydrogen-bond acceptors (Lipinski definition) is 6. The van der Waals surface area contributed by atoms with E-state index in [-0.39, 0.29) is 10.6 Å². The van der Waals surface area contributed by atoms with Gasteiger partial charge in [0, 0.05) is 11.8 Å². The Morgan fingerprint density at radius 1 is 0.920 bits per heavy atom. The molecule has 0 fully saturated rings. The second kappa shape index (κ2) is 6.70. The molecule has 0 aliphatic rings. The lowest BCUT2D eigenvalue weighted by Gasteiger charge is -2.05. The highest BCUT2D eigenvalue weighted by Gasteiger charge is 2.20. The van der Waals surface area contributed by atoms with Gasteiger partial charge in [0.1, 0.15) is 5.69 Å². The Bertz CT molecular complexity index is 1040. The molecule has 0 unspecified atom stereocenters. The highest BCUT2D eigenvalue weighted by atomic mass is 32.2. The third-order valence-electron chi connectivity index (χ3n) is 3.51. The molecule has 2 aromatic heterocycles. The largest absolute Gasteiger partial charge is 0.284 e. The van der Waals surface area contributed by atoms with E-state index in [0.29, 0.717) is 16.1 Å². The Morgan fingerprint density at radius 2 is 1.64 bits per heavy atom. The quantitative estimate of drug-likeness (QED) is 0.508. The lowest BCUT2D eigenvalue weighted by Crippen LogP contribution is -2.14. The van der Waals surface area contributed by atoms with E-state index >= 15 is 0 Å². The maximum absolute atomic E-state index is 12.3. The number of ketones is 2. The molecule has 5 nitrogen and oxygen atoms in total. The van der Waals surface area contributed by atoms with Crippen molar-refractivity contribution in [3.05, 3.63) is 70.5 Å². The van der Waals surface area contributed by atoms with Crippen LogP contribution in [0.25, 0.3) is 11.3 Å². The van der Waals surface area contributed by atoms with Gasteiger partial charge in [-0.3, -0.25) is 9.59 Å². The minimum absolute atomic E-state index is 0.0584. The fourth-order valence-electron chi connectivity index (χ4n) is 2.23. The second-order valence-electron chi connectivity index (χ2n) is 5.34. The minimum atomic E-state index is -3.28. The van der Waals surface area contributed by atoms with Gasteiger partial charge in [0.25, 0.3) is 5.78 Å². The molecule has 126 valence electrons. The zero-order valence-electron chi connectivity index (χ0n) is 13.2. The average Bonchev–Trinajstić information content (AvgIpc) is 3.14. The van der Waals surface area contributed by atoms with Gasteiger partial charge in [0.15, 0.2) is 9.84 Å². The average molecular weight is 371 g/mol. The molecule has 0 saturated carbocycles. The molecule has 0 radical (unpaired) electrons. The summed E-state index contributed by atoms with van der Waals surface area (Å²) >= 11 is 1.20. The van der Waals surface area contributed by atoms with Crippen LogP contribution in [0, 0.1) is 0 Å². The van der Waals surface area contributed by atoms with Crippen LogP contribution in [0.15, 0.2) is 64.9 Å². The van der Waals surface area contributed by atoms with E-state index in [4.69, 9.17) is 0 Å². The van der Waals surface area contributed by atoms with E-state index in [0.717, 1.165) is 6.26 Å². The highest BCUT2D eigenvalue weighted by molar-refractivity contribution is 7.90. The maximum Gasteiger partial charge on any atom is 0.252 e. The molecule has 0 saturated heterocycles. The van der Waals surface area contributed by atoms with Gasteiger partial charge in [-0.25, -0.2) is 13.4 Å². The van der Waals surface area contributed by atoms with E-state index in [1.165, 1.54) is 29.5 Å². The Morgan fingerprint density at radius 3 is 2.24 bits per heavy atom. The minimum Gasteiger partial charge on any atom is -0.284 e. The molecule has 0 N–H and O–H groups in total. The van der Waals surface area contributed by atoms with Gasteiger partial charge < -0.3 is 0 Å². The van der Waals surface area contributed by atoms with Gasteiger partial charge in [-0.15, -0.1) is 11.3 Å². The number of nitrogens with zero attached hydrogens (tertiary/aromatic N) is 1. The van der Waals surface area contributed by atoms with Crippen LogP contribution in [0.1, 0.15) is 20.2 Å². The van der Waals surface area contributed by atoms with Crippen LogP contribution in [-0.4, -0.2) is 31.2 Å². The number of sulfone groups is 1. The normalized spacial score (nSPS) is 11.2. The molecular weight excluding hydrogens is 358 g/mol. The molecule has 2 heterocycles. The van der Waals surface area contributed by atoms with Crippen molar-refractivity contribution in [2.45, 2.75) is 4.90 Å². The van der Waals surface area contributed by atoms with Crippen molar-refractivity contribution < 1.29 is 18.0 Å². The number of benzene rings is 1. The fourth-order valence-corrected chi connectivity index (χ4v) is 3.52. The Labute approximate surface area is 148 Å². The van der Waals surface area contributed by atoms with Crippen LogP contribution in [0.4, 0.5) is 0 Å². The van der Waals surface area contributed by atoms with E-state index < -0.39 is 21.4 Å². The number of aromatic nitrogens is 1. The number of rotatable bonds is 5. The smallest absolute Gasteiger partial charge is 0.252 e. The van der Waals surface area contributed by atoms with Crippen LogP contribution in [0.3, 0.4) is 0 Å². The van der Waals surface area contributed by atoms with E-state index in [2.05, 4.69) is 4.98 Å². The number of carbonyl (C=O) groups excluding carboxylic acids is 2. The molecule has 0 amide bonds. The molecule has 3 aromatic rings.